The second-order valence-corrected chi connectivity index (χ2v) is 9.80. The summed E-state index contributed by atoms with van der Waals surface area (Å²) in [6.07, 6.45) is 3.21. The Morgan fingerprint density at radius 3 is 2.93 bits per heavy atom. The van der Waals surface area contributed by atoms with Gasteiger partial charge in [-0.25, -0.2) is 8.42 Å². The van der Waals surface area contributed by atoms with E-state index in [1.54, 1.807) is 13.2 Å². The normalized spacial score (nSPS) is 22.1. The molecule has 28 heavy (non-hydrogen) atoms. The fourth-order valence-corrected chi connectivity index (χ4v) is 5.28. The number of hydrogen-bond donors (Lipinski definition) is 1. The monoisotopic (exact) mass is 438 g/mol. The average Bonchev–Trinajstić information content (AvgIpc) is 3.11. The van der Waals surface area contributed by atoms with Gasteiger partial charge in [-0.05, 0) is 29.8 Å². The van der Waals surface area contributed by atoms with E-state index < -0.39 is 15.9 Å². The molecular formula is C18H18N2O5S3. The Bertz CT molecular complexity index is 985. The highest BCUT2D eigenvalue weighted by atomic mass is 32.2. The molecule has 1 N–H and O–H groups in total. The average molecular weight is 439 g/mol. The molecule has 0 aliphatic carbocycles. The van der Waals surface area contributed by atoms with Crippen molar-refractivity contribution < 1.29 is 22.7 Å². The number of thiocarbonyl (C=S) groups is 1. The zero-order valence-electron chi connectivity index (χ0n) is 15.0. The van der Waals surface area contributed by atoms with E-state index in [2.05, 4.69) is 5.32 Å². The first-order valence-electron chi connectivity index (χ1n) is 8.37. The van der Waals surface area contributed by atoms with Gasteiger partial charge in [0.05, 0.1) is 23.8 Å². The lowest BCUT2D eigenvalue weighted by Crippen LogP contribution is -2.38. The van der Waals surface area contributed by atoms with Gasteiger partial charge in [0.2, 0.25) is 5.91 Å². The van der Waals surface area contributed by atoms with Gasteiger partial charge in [-0.1, -0.05) is 36.1 Å². The van der Waals surface area contributed by atoms with Gasteiger partial charge < -0.3 is 10.1 Å². The van der Waals surface area contributed by atoms with Crippen LogP contribution in [-0.4, -0.2) is 54.9 Å². The van der Waals surface area contributed by atoms with Crippen molar-refractivity contribution in [2.75, 3.05) is 19.4 Å². The van der Waals surface area contributed by atoms with Gasteiger partial charge in [-0.15, -0.1) is 0 Å². The standard InChI is InChI=1S/C18H18N2O5S3/c1-25-14-4-2-3-12(9-14)10-15-17(22)20(18(26)27-15)7-5-16(21)19-13-6-8-28(23,24)11-13/h2-4,6,8-10,13H,5,7,11H2,1H3,(H,19,21)/b15-10+/t13-/m0/s1. The van der Waals surface area contributed by atoms with Gasteiger partial charge in [-0.2, -0.15) is 0 Å². The third-order valence-electron chi connectivity index (χ3n) is 4.10. The van der Waals surface area contributed by atoms with Crippen molar-refractivity contribution in [1.29, 1.82) is 0 Å². The molecule has 0 radical (unpaired) electrons. The third kappa shape index (κ3) is 5.00. The molecule has 7 nitrogen and oxygen atoms in total. The Morgan fingerprint density at radius 2 is 2.25 bits per heavy atom. The predicted octanol–water partition coefficient (Wildman–Crippen LogP) is 1.71. The smallest absolute Gasteiger partial charge is 0.266 e. The van der Waals surface area contributed by atoms with Crippen LogP contribution in [0.1, 0.15) is 12.0 Å². The fraction of sp³-hybridized carbons (Fsp3) is 0.278. The third-order valence-corrected chi connectivity index (χ3v) is 6.88. The quantitative estimate of drug-likeness (QED) is 0.534. The number of thioether (sulfide) groups is 1. The molecule has 1 saturated heterocycles. The largest absolute Gasteiger partial charge is 0.497 e. The molecule has 1 fully saturated rings. The number of rotatable bonds is 6. The number of carbonyl (C=O) groups is 2. The number of hydrogen-bond acceptors (Lipinski definition) is 7. The predicted molar refractivity (Wildman–Crippen MR) is 112 cm³/mol. The van der Waals surface area contributed by atoms with Gasteiger partial charge in [-0.3, -0.25) is 14.5 Å². The number of nitrogens with zero attached hydrogens (tertiary/aromatic N) is 1. The number of carbonyl (C=O) groups excluding carboxylic acids is 2. The Kier molecular flexibility index (Phi) is 6.21. The Hall–Kier alpha value is -2.17. The van der Waals surface area contributed by atoms with Crippen LogP contribution in [-0.2, 0) is 19.4 Å². The van der Waals surface area contributed by atoms with E-state index in [0.717, 1.165) is 11.0 Å². The lowest BCUT2D eigenvalue weighted by molar-refractivity contribution is -0.124. The second kappa shape index (κ2) is 8.46. The number of amides is 2. The van der Waals surface area contributed by atoms with Crippen LogP contribution in [0.2, 0.25) is 0 Å². The lowest BCUT2D eigenvalue weighted by atomic mass is 10.2. The molecule has 1 atom stereocenters. The van der Waals surface area contributed by atoms with Crippen molar-refractivity contribution >= 4 is 56.0 Å². The van der Waals surface area contributed by atoms with Crippen molar-refractivity contribution in [3.8, 4) is 5.75 Å². The number of methoxy groups -OCH3 is 1. The molecule has 0 bridgehead atoms. The molecular weight excluding hydrogens is 420 g/mol. The Labute approximate surface area is 172 Å². The maximum absolute atomic E-state index is 12.6. The second-order valence-electron chi connectivity index (χ2n) is 6.19. The highest BCUT2D eigenvalue weighted by Gasteiger charge is 2.32. The van der Waals surface area contributed by atoms with Crippen LogP contribution >= 0.6 is 24.0 Å². The van der Waals surface area contributed by atoms with Crippen molar-refractivity contribution in [1.82, 2.24) is 10.2 Å². The first kappa shape index (κ1) is 20.6. The molecule has 2 amide bonds. The highest BCUT2D eigenvalue weighted by molar-refractivity contribution is 8.26. The summed E-state index contributed by atoms with van der Waals surface area (Å²) in [6, 6.07) is 6.77. The van der Waals surface area contributed by atoms with E-state index in [1.165, 1.54) is 22.7 Å². The molecule has 0 unspecified atom stereocenters. The van der Waals surface area contributed by atoms with Crippen LogP contribution in [0.15, 0.2) is 40.7 Å². The van der Waals surface area contributed by atoms with Gasteiger partial charge in [0.1, 0.15) is 10.1 Å². The van der Waals surface area contributed by atoms with Gasteiger partial charge in [0.15, 0.2) is 9.84 Å². The van der Waals surface area contributed by atoms with E-state index in [1.807, 2.05) is 24.3 Å². The van der Waals surface area contributed by atoms with Gasteiger partial charge >= 0.3 is 0 Å². The van der Waals surface area contributed by atoms with Crippen LogP contribution in [0.5, 0.6) is 5.75 Å². The van der Waals surface area contributed by atoms with Crippen molar-refractivity contribution in [3.05, 3.63) is 46.2 Å². The van der Waals surface area contributed by atoms with E-state index in [9.17, 15) is 18.0 Å². The van der Waals surface area contributed by atoms with Crippen molar-refractivity contribution in [2.24, 2.45) is 0 Å². The maximum atomic E-state index is 12.6. The maximum Gasteiger partial charge on any atom is 0.266 e. The summed E-state index contributed by atoms with van der Waals surface area (Å²) in [5, 5.41) is 3.73. The van der Waals surface area contributed by atoms with Crippen molar-refractivity contribution in [2.45, 2.75) is 12.5 Å². The minimum Gasteiger partial charge on any atom is -0.497 e. The van der Waals surface area contributed by atoms with Gasteiger partial charge in [0, 0.05) is 18.4 Å². The number of sulfone groups is 1. The van der Waals surface area contributed by atoms with E-state index in [0.29, 0.717) is 15.0 Å². The summed E-state index contributed by atoms with van der Waals surface area (Å²) in [5.41, 5.74) is 0.812. The summed E-state index contributed by atoms with van der Waals surface area (Å²) in [6.45, 7) is 0.134. The first-order chi connectivity index (χ1) is 13.3. The van der Waals surface area contributed by atoms with Crippen LogP contribution in [0.4, 0.5) is 0 Å². The summed E-state index contributed by atoms with van der Waals surface area (Å²) in [4.78, 5) is 26.5. The van der Waals surface area contributed by atoms with E-state index >= 15 is 0 Å². The molecule has 2 heterocycles. The number of ether oxygens (including phenoxy) is 1. The molecule has 3 rings (SSSR count). The molecule has 2 aliphatic rings. The molecule has 1 aromatic rings. The molecule has 0 saturated carbocycles. The Morgan fingerprint density at radius 1 is 1.46 bits per heavy atom. The van der Waals surface area contributed by atoms with Gasteiger partial charge in [0.25, 0.3) is 5.91 Å². The van der Waals surface area contributed by atoms with Crippen LogP contribution in [0.25, 0.3) is 6.08 Å². The Balaban J connectivity index is 1.58. The minimum atomic E-state index is -3.23. The first-order valence-corrected chi connectivity index (χ1v) is 11.3. The molecule has 2 aliphatic heterocycles. The summed E-state index contributed by atoms with van der Waals surface area (Å²) >= 11 is 6.45. The number of benzene rings is 1. The minimum absolute atomic E-state index is 0.0310. The molecule has 0 spiro atoms. The highest BCUT2D eigenvalue weighted by Crippen LogP contribution is 2.33. The van der Waals surface area contributed by atoms with E-state index in [-0.39, 0.29) is 30.5 Å². The van der Waals surface area contributed by atoms with Crippen LogP contribution in [0, 0.1) is 0 Å². The number of nitrogens with one attached hydrogen (secondary N) is 1. The summed E-state index contributed by atoms with van der Waals surface area (Å²) < 4.78 is 28.3. The van der Waals surface area contributed by atoms with Crippen LogP contribution < -0.4 is 10.1 Å². The summed E-state index contributed by atoms with van der Waals surface area (Å²) in [7, 11) is -1.66. The SMILES string of the molecule is COc1cccc(/C=C2/SC(=S)N(CCC(=O)N[C@H]3C=CS(=O)(=O)C3)C2=O)c1. The molecule has 10 heteroatoms. The molecule has 0 aromatic heterocycles. The van der Waals surface area contributed by atoms with Crippen molar-refractivity contribution in [3.63, 3.8) is 0 Å². The molecule has 1 aromatic carbocycles. The topological polar surface area (TPSA) is 92.8 Å². The van der Waals surface area contributed by atoms with E-state index in [4.69, 9.17) is 17.0 Å². The lowest BCUT2D eigenvalue weighted by Gasteiger charge is -2.15. The fourth-order valence-electron chi connectivity index (χ4n) is 2.73. The zero-order chi connectivity index (χ0) is 20.3. The molecule has 148 valence electrons. The zero-order valence-corrected chi connectivity index (χ0v) is 17.4. The van der Waals surface area contributed by atoms with Crippen LogP contribution in [0.3, 0.4) is 0 Å². The summed E-state index contributed by atoms with van der Waals surface area (Å²) in [5.74, 6) is -0.0429.